The van der Waals surface area contributed by atoms with Crippen molar-refractivity contribution in [3.63, 3.8) is 0 Å². The van der Waals surface area contributed by atoms with Crippen LogP contribution in [0.2, 0.25) is 5.02 Å². The van der Waals surface area contributed by atoms with Gasteiger partial charge in [-0.15, -0.1) is 0 Å². The topological polar surface area (TPSA) is 82.5 Å². The summed E-state index contributed by atoms with van der Waals surface area (Å²) in [5.74, 6) is -0.839. The molecule has 0 saturated carbocycles. The van der Waals surface area contributed by atoms with Gasteiger partial charge in [-0.05, 0) is 50.2 Å². The van der Waals surface area contributed by atoms with Crippen LogP contribution in [0.4, 0.5) is 11.5 Å². The number of hydrogen-bond donors (Lipinski definition) is 2. The summed E-state index contributed by atoms with van der Waals surface area (Å²) in [5.41, 5.74) is 0.813. The summed E-state index contributed by atoms with van der Waals surface area (Å²) < 4.78 is 0. The van der Waals surface area contributed by atoms with Gasteiger partial charge in [0.05, 0.1) is 5.56 Å². The van der Waals surface area contributed by atoms with Crippen molar-refractivity contribution in [3.05, 3.63) is 52.7 Å². The first-order chi connectivity index (χ1) is 11.3. The van der Waals surface area contributed by atoms with Crippen molar-refractivity contribution in [1.82, 2.24) is 4.98 Å². The molecule has 6 nitrogen and oxygen atoms in total. The molecule has 1 aromatic carbocycles. The molecular weight excluding hydrogens is 330 g/mol. The zero-order chi connectivity index (χ0) is 17.9. The van der Waals surface area contributed by atoms with Crippen molar-refractivity contribution < 1.29 is 14.7 Å². The Kier molecular flexibility index (Phi) is 5.41. The van der Waals surface area contributed by atoms with Gasteiger partial charge in [0.15, 0.2) is 0 Å². The molecule has 0 bridgehead atoms. The van der Waals surface area contributed by atoms with Crippen molar-refractivity contribution in [2.45, 2.75) is 19.9 Å². The molecule has 0 spiro atoms. The lowest BCUT2D eigenvalue weighted by Gasteiger charge is -2.23. The van der Waals surface area contributed by atoms with Crippen LogP contribution in [0.25, 0.3) is 0 Å². The molecule has 0 aliphatic rings. The van der Waals surface area contributed by atoms with Gasteiger partial charge in [-0.1, -0.05) is 11.6 Å². The molecule has 0 atom stereocenters. The first-order valence-electron chi connectivity index (χ1n) is 7.33. The van der Waals surface area contributed by atoms with E-state index in [9.17, 15) is 9.59 Å². The fourth-order valence-electron chi connectivity index (χ4n) is 1.94. The van der Waals surface area contributed by atoms with Crippen LogP contribution in [0.15, 0.2) is 36.4 Å². The highest BCUT2D eigenvalue weighted by atomic mass is 35.5. The molecule has 0 aliphatic heterocycles. The minimum absolute atomic E-state index is 0.148. The zero-order valence-electron chi connectivity index (χ0n) is 13.6. The van der Waals surface area contributed by atoms with Crippen molar-refractivity contribution in [1.29, 1.82) is 0 Å². The van der Waals surface area contributed by atoms with Crippen LogP contribution in [0.3, 0.4) is 0 Å². The highest BCUT2D eigenvalue weighted by molar-refractivity contribution is 6.31. The molecule has 2 rings (SSSR count). The number of anilines is 2. The highest BCUT2D eigenvalue weighted by Crippen LogP contribution is 2.20. The fraction of sp³-hybridized carbons (Fsp3) is 0.235. The van der Waals surface area contributed by atoms with Gasteiger partial charge in [-0.25, -0.2) is 9.78 Å². The monoisotopic (exact) mass is 347 g/mol. The van der Waals surface area contributed by atoms with Crippen LogP contribution >= 0.6 is 11.6 Å². The number of nitrogens with zero attached hydrogens (tertiary/aromatic N) is 2. The van der Waals surface area contributed by atoms with Crippen LogP contribution in [0.1, 0.15) is 34.7 Å². The van der Waals surface area contributed by atoms with Crippen LogP contribution < -0.4 is 10.2 Å². The molecular formula is C17H18ClN3O3. The predicted octanol–water partition coefficient (Wildman–Crippen LogP) is 3.53. The van der Waals surface area contributed by atoms with Gasteiger partial charge in [-0.2, -0.15) is 0 Å². The van der Waals surface area contributed by atoms with E-state index in [1.807, 2.05) is 25.8 Å². The lowest BCUT2D eigenvalue weighted by Crippen LogP contribution is -2.27. The Bertz CT molecular complexity index is 760. The number of benzene rings is 1. The van der Waals surface area contributed by atoms with Crippen LogP contribution in [-0.4, -0.2) is 35.1 Å². The molecule has 0 saturated heterocycles. The third-order valence-electron chi connectivity index (χ3n) is 3.53. The van der Waals surface area contributed by atoms with E-state index in [1.165, 1.54) is 30.3 Å². The quantitative estimate of drug-likeness (QED) is 0.864. The third-order valence-corrected chi connectivity index (χ3v) is 3.75. The Morgan fingerprint density at radius 2 is 1.83 bits per heavy atom. The van der Waals surface area contributed by atoms with Gasteiger partial charge in [0, 0.05) is 23.8 Å². The normalized spacial score (nSPS) is 10.5. The molecule has 1 heterocycles. The number of hydrogen-bond acceptors (Lipinski definition) is 4. The summed E-state index contributed by atoms with van der Waals surface area (Å²) in [6.07, 6.45) is 0. The van der Waals surface area contributed by atoms with Crippen molar-refractivity contribution in [2.24, 2.45) is 0 Å². The van der Waals surface area contributed by atoms with Crippen molar-refractivity contribution in [2.75, 3.05) is 17.3 Å². The number of carbonyl (C=O) groups excluding carboxylic acids is 1. The number of aromatic carboxylic acids is 1. The maximum Gasteiger partial charge on any atom is 0.335 e. The Labute approximate surface area is 145 Å². The fourth-order valence-corrected chi connectivity index (χ4v) is 2.14. The number of amides is 1. The highest BCUT2D eigenvalue weighted by Gasteiger charge is 2.14. The molecule has 24 heavy (non-hydrogen) atoms. The van der Waals surface area contributed by atoms with E-state index in [4.69, 9.17) is 16.7 Å². The van der Waals surface area contributed by atoms with E-state index < -0.39 is 11.9 Å². The average molecular weight is 348 g/mol. The molecule has 0 unspecified atom stereocenters. The van der Waals surface area contributed by atoms with Crippen LogP contribution in [-0.2, 0) is 0 Å². The number of nitrogens with one attached hydrogen (secondary N) is 1. The number of aromatic nitrogens is 1. The molecule has 0 radical (unpaired) electrons. The Hall–Kier alpha value is -2.60. The van der Waals surface area contributed by atoms with E-state index in [1.54, 1.807) is 6.07 Å². The third kappa shape index (κ3) is 4.23. The van der Waals surface area contributed by atoms with E-state index >= 15 is 0 Å². The minimum Gasteiger partial charge on any atom is -0.478 e. The summed E-state index contributed by atoms with van der Waals surface area (Å²) in [5, 5.41) is 12.0. The molecule has 1 amide bonds. The predicted molar refractivity (Wildman–Crippen MR) is 94.1 cm³/mol. The molecule has 0 fully saturated rings. The van der Waals surface area contributed by atoms with E-state index in [-0.39, 0.29) is 17.3 Å². The number of carboxylic acids is 1. The minimum atomic E-state index is -1.02. The van der Waals surface area contributed by atoms with Crippen molar-refractivity contribution in [3.8, 4) is 0 Å². The van der Waals surface area contributed by atoms with Crippen molar-refractivity contribution >= 4 is 35.0 Å². The largest absolute Gasteiger partial charge is 0.478 e. The zero-order valence-corrected chi connectivity index (χ0v) is 14.3. The van der Waals surface area contributed by atoms with Gasteiger partial charge in [0.2, 0.25) is 0 Å². The second kappa shape index (κ2) is 7.31. The van der Waals surface area contributed by atoms with Crippen LogP contribution in [0, 0.1) is 0 Å². The van der Waals surface area contributed by atoms with Gasteiger partial charge >= 0.3 is 5.97 Å². The SMILES string of the molecule is CC(C)N(C)c1cc(Cl)cc(C(=O)Nc2ccc(C(=O)O)cc2)n1. The van der Waals surface area contributed by atoms with Gasteiger partial charge in [0.25, 0.3) is 5.91 Å². The maximum absolute atomic E-state index is 12.4. The summed E-state index contributed by atoms with van der Waals surface area (Å²) >= 11 is 6.09. The second-order valence-electron chi connectivity index (χ2n) is 5.57. The Balaban J connectivity index is 2.21. The smallest absolute Gasteiger partial charge is 0.335 e. The Morgan fingerprint density at radius 1 is 1.21 bits per heavy atom. The molecule has 7 heteroatoms. The van der Waals surface area contributed by atoms with Crippen LogP contribution in [0.5, 0.6) is 0 Å². The molecule has 2 aromatic rings. The maximum atomic E-state index is 12.4. The summed E-state index contributed by atoms with van der Waals surface area (Å²) in [4.78, 5) is 29.4. The number of carbonyl (C=O) groups is 2. The standard InChI is InChI=1S/C17H18ClN3O3/c1-10(2)21(3)15-9-12(18)8-14(20-15)16(22)19-13-6-4-11(5-7-13)17(23)24/h4-10H,1-3H3,(H,19,22)(H,23,24). The molecule has 0 aliphatic carbocycles. The number of carboxylic acid groups (broad SMARTS) is 1. The lowest BCUT2D eigenvalue weighted by atomic mass is 10.2. The second-order valence-corrected chi connectivity index (χ2v) is 6.01. The first-order valence-corrected chi connectivity index (χ1v) is 7.71. The van der Waals surface area contributed by atoms with Gasteiger partial charge in [-0.3, -0.25) is 4.79 Å². The average Bonchev–Trinajstić information content (AvgIpc) is 2.53. The number of pyridine rings is 1. The summed E-state index contributed by atoms with van der Waals surface area (Å²) in [7, 11) is 1.87. The van der Waals surface area contributed by atoms with E-state index in [2.05, 4.69) is 10.3 Å². The molecule has 1 aromatic heterocycles. The van der Waals surface area contributed by atoms with Gasteiger partial charge in [0.1, 0.15) is 11.5 Å². The summed E-state index contributed by atoms with van der Waals surface area (Å²) in [6, 6.07) is 9.26. The number of rotatable bonds is 5. The molecule has 2 N–H and O–H groups in total. The van der Waals surface area contributed by atoms with Gasteiger partial charge < -0.3 is 15.3 Å². The van der Waals surface area contributed by atoms with E-state index in [0.717, 1.165) is 0 Å². The number of halogens is 1. The van der Waals surface area contributed by atoms with E-state index in [0.29, 0.717) is 16.5 Å². The summed E-state index contributed by atoms with van der Waals surface area (Å²) in [6.45, 7) is 4.01. The first kappa shape index (κ1) is 17.7. The Morgan fingerprint density at radius 3 is 2.38 bits per heavy atom. The lowest BCUT2D eigenvalue weighted by molar-refractivity contribution is 0.0696. The molecule has 126 valence electrons.